The fourth-order valence-corrected chi connectivity index (χ4v) is 1.88. The van der Waals surface area contributed by atoms with Gasteiger partial charge in [0.1, 0.15) is 11.4 Å². The minimum atomic E-state index is -1.56. The standard InChI is InChI=1S/C11H8F2N2O4/c12-6-3-4-7(15(18)19)10(13)9(6)11(17)14-5-1-2-8(14)16/h3-4H,1-2,5H2. The van der Waals surface area contributed by atoms with Gasteiger partial charge < -0.3 is 0 Å². The van der Waals surface area contributed by atoms with Gasteiger partial charge in [-0.3, -0.25) is 24.6 Å². The molecule has 0 aliphatic carbocycles. The first-order chi connectivity index (χ1) is 8.93. The third kappa shape index (κ3) is 2.16. The third-order valence-electron chi connectivity index (χ3n) is 2.80. The Bertz CT molecular complexity index is 588. The molecule has 2 rings (SSSR count). The Balaban J connectivity index is 2.49. The number of likely N-dealkylation sites (tertiary alicyclic amines) is 1. The summed E-state index contributed by atoms with van der Waals surface area (Å²) < 4.78 is 27.3. The lowest BCUT2D eigenvalue weighted by molar-refractivity contribution is -0.387. The number of carbonyl (C=O) groups excluding carboxylic acids is 2. The molecule has 0 N–H and O–H groups in total. The molecule has 0 aromatic heterocycles. The second-order valence-electron chi connectivity index (χ2n) is 3.97. The van der Waals surface area contributed by atoms with Gasteiger partial charge in [-0.1, -0.05) is 0 Å². The number of hydrogen-bond donors (Lipinski definition) is 0. The summed E-state index contributed by atoms with van der Waals surface area (Å²) in [7, 11) is 0. The van der Waals surface area contributed by atoms with Crippen molar-refractivity contribution in [1.82, 2.24) is 4.90 Å². The van der Waals surface area contributed by atoms with Gasteiger partial charge in [-0.15, -0.1) is 0 Å². The Morgan fingerprint density at radius 2 is 2.05 bits per heavy atom. The molecule has 1 aromatic carbocycles. The Labute approximate surface area is 105 Å². The zero-order valence-electron chi connectivity index (χ0n) is 9.56. The lowest BCUT2D eigenvalue weighted by atomic mass is 10.1. The number of hydrogen-bond acceptors (Lipinski definition) is 4. The summed E-state index contributed by atoms with van der Waals surface area (Å²) in [6.07, 6.45) is 0.520. The van der Waals surface area contributed by atoms with Gasteiger partial charge in [0, 0.05) is 19.0 Å². The molecule has 0 spiro atoms. The quantitative estimate of drug-likeness (QED) is 0.464. The second kappa shape index (κ2) is 4.71. The van der Waals surface area contributed by atoms with E-state index in [1.165, 1.54) is 0 Å². The lowest BCUT2D eigenvalue weighted by Crippen LogP contribution is -2.33. The van der Waals surface area contributed by atoms with E-state index in [1.807, 2.05) is 0 Å². The van der Waals surface area contributed by atoms with Gasteiger partial charge in [0.15, 0.2) is 0 Å². The fourth-order valence-electron chi connectivity index (χ4n) is 1.88. The van der Waals surface area contributed by atoms with Crippen molar-refractivity contribution in [3.8, 4) is 0 Å². The van der Waals surface area contributed by atoms with Crippen LogP contribution in [0.5, 0.6) is 0 Å². The zero-order chi connectivity index (χ0) is 14.2. The molecule has 1 aliphatic heterocycles. The van der Waals surface area contributed by atoms with E-state index in [-0.39, 0.29) is 13.0 Å². The zero-order valence-corrected chi connectivity index (χ0v) is 9.56. The first-order valence-corrected chi connectivity index (χ1v) is 5.40. The molecule has 1 aromatic rings. The summed E-state index contributed by atoms with van der Waals surface area (Å²) in [5, 5.41) is 10.5. The molecule has 1 heterocycles. The minimum Gasteiger partial charge on any atom is -0.278 e. The van der Waals surface area contributed by atoms with E-state index in [0.717, 1.165) is 0 Å². The molecule has 0 bridgehead atoms. The Morgan fingerprint density at radius 1 is 1.37 bits per heavy atom. The van der Waals surface area contributed by atoms with Gasteiger partial charge in [-0.2, -0.15) is 4.39 Å². The Morgan fingerprint density at radius 3 is 2.58 bits per heavy atom. The number of rotatable bonds is 2. The van der Waals surface area contributed by atoms with Crippen LogP contribution in [-0.4, -0.2) is 28.2 Å². The molecular formula is C11H8F2N2O4. The van der Waals surface area contributed by atoms with Crippen LogP contribution in [0.4, 0.5) is 14.5 Å². The van der Waals surface area contributed by atoms with Crippen molar-refractivity contribution in [2.24, 2.45) is 0 Å². The highest BCUT2D eigenvalue weighted by molar-refractivity contribution is 6.06. The number of amides is 2. The highest BCUT2D eigenvalue weighted by atomic mass is 19.1. The molecule has 0 atom stereocenters. The molecule has 19 heavy (non-hydrogen) atoms. The van der Waals surface area contributed by atoms with Gasteiger partial charge >= 0.3 is 5.69 Å². The van der Waals surface area contributed by atoms with Crippen molar-refractivity contribution in [1.29, 1.82) is 0 Å². The summed E-state index contributed by atoms with van der Waals surface area (Å²) in [5.41, 5.74) is -2.07. The lowest BCUT2D eigenvalue weighted by Gasteiger charge is -2.14. The van der Waals surface area contributed by atoms with Gasteiger partial charge in [-0.25, -0.2) is 4.39 Å². The van der Waals surface area contributed by atoms with E-state index in [9.17, 15) is 28.5 Å². The van der Waals surface area contributed by atoms with Crippen LogP contribution in [0.2, 0.25) is 0 Å². The average molecular weight is 270 g/mol. The van der Waals surface area contributed by atoms with Gasteiger partial charge in [-0.05, 0) is 12.5 Å². The van der Waals surface area contributed by atoms with E-state index in [4.69, 9.17) is 0 Å². The number of nitro groups is 1. The van der Waals surface area contributed by atoms with E-state index < -0.39 is 39.6 Å². The van der Waals surface area contributed by atoms with Crippen molar-refractivity contribution in [2.45, 2.75) is 12.8 Å². The minimum absolute atomic E-state index is 0.0548. The van der Waals surface area contributed by atoms with E-state index in [0.29, 0.717) is 23.5 Å². The van der Waals surface area contributed by atoms with Crippen molar-refractivity contribution in [3.05, 3.63) is 39.4 Å². The molecule has 1 saturated heterocycles. The summed E-state index contributed by atoms with van der Waals surface area (Å²) in [6, 6.07) is 1.27. The normalized spacial score (nSPS) is 14.8. The largest absolute Gasteiger partial charge is 0.305 e. The van der Waals surface area contributed by atoms with E-state index in [2.05, 4.69) is 0 Å². The van der Waals surface area contributed by atoms with Crippen molar-refractivity contribution < 1.29 is 23.3 Å². The first-order valence-electron chi connectivity index (χ1n) is 5.40. The van der Waals surface area contributed by atoms with Crippen LogP contribution in [0, 0.1) is 21.7 Å². The van der Waals surface area contributed by atoms with Crippen molar-refractivity contribution in [2.75, 3.05) is 6.54 Å². The molecule has 2 amide bonds. The van der Waals surface area contributed by atoms with Crippen LogP contribution < -0.4 is 0 Å². The summed E-state index contributed by atoms with van der Waals surface area (Å²) in [4.78, 5) is 33.4. The molecule has 1 fully saturated rings. The molecule has 0 saturated carbocycles. The second-order valence-corrected chi connectivity index (χ2v) is 3.97. The van der Waals surface area contributed by atoms with Crippen molar-refractivity contribution >= 4 is 17.5 Å². The number of benzene rings is 1. The van der Waals surface area contributed by atoms with Crippen molar-refractivity contribution in [3.63, 3.8) is 0 Å². The van der Waals surface area contributed by atoms with Gasteiger partial charge in [0.25, 0.3) is 5.91 Å². The van der Waals surface area contributed by atoms with E-state index >= 15 is 0 Å². The Hall–Kier alpha value is -2.38. The van der Waals surface area contributed by atoms with Crippen LogP contribution in [-0.2, 0) is 4.79 Å². The van der Waals surface area contributed by atoms with Crippen LogP contribution in [0.3, 0.4) is 0 Å². The predicted octanol–water partition coefficient (Wildman–Crippen LogP) is 1.64. The molecule has 8 heteroatoms. The van der Waals surface area contributed by atoms with Crippen LogP contribution in [0.25, 0.3) is 0 Å². The molecular weight excluding hydrogens is 262 g/mol. The number of imide groups is 1. The highest BCUT2D eigenvalue weighted by Crippen LogP contribution is 2.25. The smallest absolute Gasteiger partial charge is 0.278 e. The number of halogens is 2. The maximum atomic E-state index is 13.8. The number of nitro benzene ring substituents is 1. The monoisotopic (exact) mass is 270 g/mol. The van der Waals surface area contributed by atoms with Gasteiger partial charge in [0.05, 0.1) is 4.92 Å². The Kier molecular flexibility index (Phi) is 3.24. The predicted molar refractivity (Wildman–Crippen MR) is 58.3 cm³/mol. The maximum Gasteiger partial charge on any atom is 0.305 e. The van der Waals surface area contributed by atoms with Gasteiger partial charge in [0.2, 0.25) is 11.7 Å². The SMILES string of the molecule is O=C1CCCN1C(=O)c1c(F)ccc([N+](=O)[O-])c1F. The fraction of sp³-hybridized carbons (Fsp3) is 0.273. The van der Waals surface area contributed by atoms with Crippen LogP contribution >= 0.6 is 0 Å². The summed E-state index contributed by atoms with van der Waals surface area (Å²) in [5.74, 6) is -4.51. The molecule has 0 unspecified atom stereocenters. The summed E-state index contributed by atoms with van der Waals surface area (Å²) in [6.45, 7) is 0.0548. The van der Waals surface area contributed by atoms with Crippen LogP contribution in [0.15, 0.2) is 12.1 Å². The first kappa shape index (κ1) is 13.1. The highest BCUT2D eigenvalue weighted by Gasteiger charge is 2.33. The summed E-state index contributed by atoms with van der Waals surface area (Å²) >= 11 is 0. The third-order valence-corrected chi connectivity index (χ3v) is 2.80. The topological polar surface area (TPSA) is 80.5 Å². The van der Waals surface area contributed by atoms with E-state index in [1.54, 1.807) is 0 Å². The number of carbonyl (C=O) groups is 2. The molecule has 6 nitrogen and oxygen atoms in total. The average Bonchev–Trinajstić information content (AvgIpc) is 2.74. The van der Waals surface area contributed by atoms with Crippen LogP contribution in [0.1, 0.15) is 23.2 Å². The maximum absolute atomic E-state index is 13.8. The molecule has 0 radical (unpaired) electrons. The molecule has 100 valence electrons. The number of nitrogens with zero attached hydrogens (tertiary/aromatic N) is 2. The molecule has 1 aliphatic rings.